The largest absolute Gasteiger partial charge is 0.387 e. The van der Waals surface area contributed by atoms with Crippen LogP contribution in [0.3, 0.4) is 0 Å². The number of carbonyl (C=O) groups is 1. The Balaban J connectivity index is 1.97. The highest BCUT2D eigenvalue weighted by Crippen LogP contribution is 2.23. The van der Waals surface area contributed by atoms with E-state index in [0.717, 1.165) is 17.7 Å². The molecule has 0 fully saturated rings. The third-order valence-corrected chi connectivity index (χ3v) is 3.47. The first kappa shape index (κ1) is 17.2. The van der Waals surface area contributed by atoms with E-state index in [4.69, 9.17) is 11.6 Å². The monoisotopic (exact) mass is 340 g/mol. The Labute approximate surface area is 137 Å². The maximum absolute atomic E-state index is 13.6. The van der Waals surface area contributed by atoms with Crippen molar-refractivity contribution in [1.82, 2.24) is 5.32 Å². The maximum atomic E-state index is 13.6. The number of anilines is 1. The lowest BCUT2D eigenvalue weighted by molar-refractivity contribution is 0.174. The molecule has 2 aromatic rings. The Kier molecular flexibility index (Phi) is 5.52. The van der Waals surface area contributed by atoms with Crippen LogP contribution >= 0.6 is 11.6 Å². The van der Waals surface area contributed by atoms with E-state index in [0.29, 0.717) is 5.56 Å². The molecule has 0 spiro atoms. The second-order valence-electron chi connectivity index (χ2n) is 4.95. The van der Waals surface area contributed by atoms with E-state index in [1.54, 1.807) is 12.1 Å². The maximum Gasteiger partial charge on any atom is 0.319 e. The van der Waals surface area contributed by atoms with E-state index in [1.165, 1.54) is 0 Å². The average molecular weight is 341 g/mol. The van der Waals surface area contributed by atoms with Crippen molar-refractivity contribution in [1.29, 1.82) is 0 Å². The van der Waals surface area contributed by atoms with Gasteiger partial charge in [-0.15, -0.1) is 0 Å². The fourth-order valence-corrected chi connectivity index (χ4v) is 2.27. The Hall–Kier alpha value is -2.18. The quantitative estimate of drug-likeness (QED) is 0.793. The first-order chi connectivity index (χ1) is 10.9. The zero-order valence-electron chi connectivity index (χ0n) is 12.2. The topological polar surface area (TPSA) is 61.4 Å². The van der Waals surface area contributed by atoms with Crippen LogP contribution in [0.1, 0.15) is 17.2 Å². The number of benzene rings is 2. The highest BCUT2D eigenvalue weighted by Gasteiger charge is 2.15. The van der Waals surface area contributed by atoms with Gasteiger partial charge in [0.15, 0.2) is 11.6 Å². The Morgan fingerprint density at radius 2 is 1.87 bits per heavy atom. The Morgan fingerprint density at radius 3 is 2.48 bits per heavy atom. The van der Waals surface area contributed by atoms with E-state index in [-0.39, 0.29) is 11.6 Å². The van der Waals surface area contributed by atoms with Crippen molar-refractivity contribution in [3.63, 3.8) is 0 Å². The summed E-state index contributed by atoms with van der Waals surface area (Å²) in [4.78, 5) is 11.7. The molecule has 0 bridgehead atoms. The number of urea groups is 1. The smallest absolute Gasteiger partial charge is 0.319 e. The van der Waals surface area contributed by atoms with E-state index in [9.17, 15) is 18.7 Å². The molecule has 0 saturated heterocycles. The van der Waals surface area contributed by atoms with Gasteiger partial charge in [0.25, 0.3) is 0 Å². The van der Waals surface area contributed by atoms with Crippen molar-refractivity contribution >= 4 is 23.3 Å². The van der Waals surface area contributed by atoms with Gasteiger partial charge in [-0.1, -0.05) is 35.9 Å². The number of aliphatic hydroxyl groups is 1. The first-order valence-corrected chi connectivity index (χ1v) is 7.19. The van der Waals surface area contributed by atoms with Gasteiger partial charge in [-0.3, -0.25) is 0 Å². The highest BCUT2D eigenvalue weighted by atomic mass is 35.5. The number of carbonyl (C=O) groups excluding carboxylic acids is 1. The number of halogens is 3. The first-order valence-electron chi connectivity index (χ1n) is 6.81. The van der Waals surface area contributed by atoms with E-state index >= 15 is 0 Å². The van der Waals surface area contributed by atoms with E-state index < -0.39 is 29.5 Å². The van der Waals surface area contributed by atoms with Gasteiger partial charge in [-0.05, 0) is 30.2 Å². The number of hydrogen-bond donors (Lipinski definition) is 3. The molecule has 2 aromatic carbocycles. The molecule has 0 aliphatic rings. The molecule has 1 unspecified atom stereocenters. The molecule has 1 atom stereocenters. The Bertz CT molecular complexity index is 702. The predicted octanol–water partition coefficient (Wildman–Crippen LogP) is 3.78. The average Bonchev–Trinajstić information content (AvgIpc) is 2.49. The second kappa shape index (κ2) is 7.39. The van der Waals surface area contributed by atoms with Gasteiger partial charge in [-0.25, -0.2) is 13.6 Å². The van der Waals surface area contributed by atoms with Crippen molar-refractivity contribution in [2.75, 3.05) is 11.9 Å². The Morgan fingerprint density at radius 1 is 1.26 bits per heavy atom. The van der Waals surface area contributed by atoms with Crippen molar-refractivity contribution in [3.05, 3.63) is 64.2 Å². The molecule has 0 aliphatic heterocycles. The number of hydrogen-bond acceptors (Lipinski definition) is 2. The van der Waals surface area contributed by atoms with Crippen LogP contribution in [0, 0.1) is 18.6 Å². The molecule has 0 heterocycles. The molecule has 3 N–H and O–H groups in total. The highest BCUT2D eigenvalue weighted by molar-refractivity contribution is 6.30. The number of nitrogens with one attached hydrogen (secondary N) is 2. The van der Waals surface area contributed by atoms with Gasteiger partial charge < -0.3 is 15.7 Å². The van der Waals surface area contributed by atoms with Gasteiger partial charge in [0.05, 0.1) is 6.10 Å². The third kappa shape index (κ3) is 4.40. The van der Waals surface area contributed by atoms with Crippen LogP contribution in [0.5, 0.6) is 0 Å². The molecule has 4 nitrogen and oxygen atoms in total. The van der Waals surface area contributed by atoms with Gasteiger partial charge >= 0.3 is 6.03 Å². The van der Waals surface area contributed by atoms with Crippen molar-refractivity contribution in [2.45, 2.75) is 13.0 Å². The van der Waals surface area contributed by atoms with Gasteiger partial charge in [0.1, 0.15) is 5.69 Å². The van der Waals surface area contributed by atoms with Crippen molar-refractivity contribution in [2.24, 2.45) is 0 Å². The molecule has 122 valence electrons. The summed E-state index contributed by atoms with van der Waals surface area (Å²) in [6.07, 6.45) is -0.929. The number of aliphatic hydroxyl groups excluding tert-OH is 1. The normalized spacial score (nSPS) is 11.9. The summed E-state index contributed by atoms with van der Waals surface area (Å²) in [6, 6.07) is 8.11. The molecule has 0 saturated carbocycles. The fraction of sp³-hybridized carbons (Fsp3) is 0.188. The molecule has 0 aliphatic carbocycles. The summed E-state index contributed by atoms with van der Waals surface area (Å²) in [5.74, 6) is -1.96. The summed E-state index contributed by atoms with van der Waals surface area (Å²) in [6.45, 7) is 1.73. The molecule has 0 aromatic heterocycles. The van der Waals surface area contributed by atoms with Gasteiger partial charge in [-0.2, -0.15) is 0 Å². The van der Waals surface area contributed by atoms with Crippen molar-refractivity contribution in [3.8, 4) is 0 Å². The van der Waals surface area contributed by atoms with E-state index in [1.807, 2.05) is 19.1 Å². The molecule has 23 heavy (non-hydrogen) atoms. The van der Waals surface area contributed by atoms with Crippen LogP contribution in [0.2, 0.25) is 5.02 Å². The molecular weight excluding hydrogens is 326 g/mol. The number of amides is 2. The molecule has 2 amide bonds. The summed E-state index contributed by atoms with van der Waals surface area (Å²) in [5, 5.41) is 14.4. The zero-order chi connectivity index (χ0) is 17.0. The summed E-state index contributed by atoms with van der Waals surface area (Å²) >= 11 is 5.50. The fourth-order valence-electron chi connectivity index (χ4n) is 2.08. The number of aryl methyl sites for hydroxylation is 1. The van der Waals surface area contributed by atoms with Gasteiger partial charge in [0.2, 0.25) is 0 Å². The van der Waals surface area contributed by atoms with Crippen LogP contribution in [-0.2, 0) is 0 Å². The minimum atomic E-state index is -0.982. The molecular formula is C16H15ClF2N2O2. The van der Waals surface area contributed by atoms with Crippen LogP contribution in [0.15, 0.2) is 36.4 Å². The van der Waals surface area contributed by atoms with Crippen LogP contribution in [0.25, 0.3) is 0 Å². The summed E-state index contributed by atoms with van der Waals surface area (Å²) < 4.78 is 27.1. The minimum absolute atomic E-state index is 0.104. The molecule has 2 rings (SSSR count). The minimum Gasteiger partial charge on any atom is -0.387 e. The van der Waals surface area contributed by atoms with Gasteiger partial charge in [0, 0.05) is 11.6 Å². The second-order valence-corrected chi connectivity index (χ2v) is 5.39. The molecule has 0 radical (unpaired) electrons. The zero-order valence-corrected chi connectivity index (χ0v) is 13.0. The van der Waals surface area contributed by atoms with Crippen molar-refractivity contribution < 1.29 is 18.7 Å². The van der Waals surface area contributed by atoms with Crippen LogP contribution < -0.4 is 10.6 Å². The summed E-state index contributed by atoms with van der Waals surface area (Å²) in [7, 11) is 0. The third-order valence-electron chi connectivity index (χ3n) is 3.25. The predicted molar refractivity (Wildman–Crippen MR) is 84.5 cm³/mol. The standard InChI is InChI=1S/C16H15ClF2N2O2/c1-9-4-2-3-5-11(9)14(22)8-20-16(23)21-15-12(18)6-10(17)7-13(15)19/h2-7,14,22H,8H2,1H3,(H2,20,21,23). The SMILES string of the molecule is Cc1ccccc1C(O)CNC(=O)Nc1c(F)cc(Cl)cc1F. The lowest BCUT2D eigenvalue weighted by Gasteiger charge is -2.15. The van der Waals surface area contributed by atoms with Crippen LogP contribution in [0.4, 0.5) is 19.3 Å². The lowest BCUT2D eigenvalue weighted by atomic mass is 10.0. The van der Waals surface area contributed by atoms with Crippen LogP contribution in [-0.4, -0.2) is 17.7 Å². The molecule has 7 heteroatoms. The summed E-state index contributed by atoms with van der Waals surface area (Å²) in [5.41, 5.74) is 0.936. The van der Waals surface area contributed by atoms with E-state index in [2.05, 4.69) is 10.6 Å². The number of rotatable bonds is 4. The lowest BCUT2D eigenvalue weighted by Crippen LogP contribution is -2.33.